The Morgan fingerprint density at radius 3 is 1.33 bits per heavy atom. The molecule has 0 amide bonds. The third kappa shape index (κ3) is 33.5. The van der Waals surface area contributed by atoms with E-state index in [1.807, 2.05) is 6.92 Å². The van der Waals surface area contributed by atoms with Gasteiger partial charge < -0.3 is 49.3 Å². The van der Waals surface area contributed by atoms with E-state index in [1.165, 1.54) is 56.7 Å². The Morgan fingerprint density at radius 1 is 0.478 bits per heavy atom. The van der Waals surface area contributed by atoms with Crippen LogP contribution in [-0.4, -0.2) is 119 Å². The molecule has 0 radical (unpaired) electrons. The Kier molecular flexibility index (Phi) is 35.4. The first-order valence-corrected chi connectivity index (χ1v) is 29.9. The Labute approximate surface area is 401 Å². The number of carbonyl (C=O) groups is 3. The number of phosphoric acid groups is 3. The molecule has 24 heteroatoms. The SMILES string of the molecule is CCCCCCCCCCCCCCCC(=O)O[C@H](COC(=O)CCCCCCCCCCCCCSC(=O)CCC)COP(=O)(O)OC1C(O)[C@@H](OP(=O)(O)O)C(OP(=O)(O)O)[C@@H](O)[C@H]1O. The average molecular weight is 1050 g/mol. The van der Waals surface area contributed by atoms with Crippen molar-refractivity contribution in [1.29, 1.82) is 0 Å². The maximum atomic E-state index is 13.1. The van der Waals surface area contributed by atoms with Crippen LogP contribution in [0.2, 0.25) is 0 Å². The van der Waals surface area contributed by atoms with E-state index in [1.54, 1.807) is 0 Å². The molecule has 4 unspecified atom stereocenters. The fourth-order valence-electron chi connectivity index (χ4n) is 7.55. The van der Waals surface area contributed by atoms with E-state index in [4.69, 9.17) is 18.5 Å². The van der Waals surface area contributed by atoms with Crippen molar-refractivity contribution in [3.8, 4) is 0 Å². The van der Waals surface area contributed by atoms with Crippen LogP contribution in [0.1, 0.15) is 194 Å². The molecule has 8 N–H and O–H groups in total. The normalized spacial score (nSPS) is 21.5. The fraction of sp³-hybridized carbons (Fsp3) is 0.930. The molecule has 0 saturated heterocycles. The number of hydrogen-bond donors (Lipinski definition) is 8. The molecule has 1 rings (SSSR count). The van der Waals surface area contributed by atoms with E-state index in [-0.39, 0.29) is 18.0 Å². The zero-order valence-electron chi connectivity index (χ0n) is 39.7. The van der Waals surface area contributed by atoms with Crippen LogP contribution >= 0.6 is 35.2 Å². The minimum Gasteiger partial charge on any atom is -0.462 e. The van der Waals surface area contributed by atoms with E-state index in [0.717, 1.165) is 108 Å². The largest absolute Gasteiger partial charge is 0.472 e. The number of carbonyl (C=O) groups excluding carboxylic acids is 3. The summed E-state index contributed by atoms with van der Waals surface area (Å²) < 4.78 is 65.5. The Hall–Kier alpha value is -0.830. The summed E-state index contributed by atoms with van der Waals surface area (Å²) in [7, 11) is -16.6. The highest BCUT2D eigenvalue weighted by Gasteiger charge is 2.56. The van der Waals surface area contributed by atoms with Gasteiger partial charge in [-0.2, -0.15) is 0 Å². The topological polar surface area (TPSA) is 320 Å². The van der Waals surface area contributed by atoms with E-state index in [9.17, 15) is 67.9 Å². The van der Waals surface area contributed by atoms with Gasteiger partial charge in [0, 0.05) is 25.0 Å². The van der Waals surface area contributed by atoms with Gasteiger partial charge >= 0.3 is 35.4 Å². The second-order valence-electron chi connectivity index (χ2n) is 17.3. The average Bonchev–Trinajstić information content (AvgIpc) is 3.24. The second kappa shape index (κ2) is 37.0. The number of esters is 2. The van der Waals surface area contributed by atoms with Gasteiger partial charge in [0.15, 0.2) is 11.2 Å². The van der Waals surface area contributed by atoms with Gasteiger partial charge in [-0.05, 0) is 25.7 Å². The standard InChI is InChI=1S/C43H83O20P3S/c1-3-5-6-7-8-9-10-11-13-17-20-23-26-30-36(45)60-34(32-58-35(44)29-25-22-19-16-14-12-15-18-21-24-27-31-67-37(46)28-4-2)33-59-66(56,57)63-41-38(47)39(48)42(61-64(50,51)52)43(40(41)49)62-65(53,54)55/h34,38-43,47-49H,3-33H2,1-2H3,(H,56,57)(H2,50,51,52)(H2,53,54,55)/t34-,38-,39+,40?,41?,42?,43-/m1/s1. The summed E-state index contributed by atoms with van der Waals surface area (Å²) in [5.74, 6) is -0.423. The van der Waals surface area contributed by atoms with E-state index in [0.29, 0.717) is 19.3 Å². The molecule has 1 aliphatic carbocycles. The van der Waals surface area contributed by atoms with Gasteiger partial charge in [0.25, 0.3) is 0 Å². The predicted octanol–water partition coefficient (Wildman–Crippen LogP) is 8.22. The maximum absolute atomic E-state index is 13.1. The van der Waals surface area contributed by atoms with E-state index < -0.39 is 91.3 Å². The summed E-state index contributed by atoms with van der Waals surface area (Å²) in [6.45, 7) is 2.71. The summed E-state index contributed by atoms with van der Waals surface area (Å²) in [6, 6.07) is 0. The molecule has 0 aromatic rings. The van der Waals surface area contributed by atoms with Crippen molar-refractivity contribution < 1.29 is 95.4 Å². The Bertz CT molecular complexity index is 1480. The van der Waals surface area contributed by atoms with Gasteiger partial charge in [0.1, 0.15) is 43.2 Å². The zero-order chi connectivity index (χ0) is 50.1. The van der Waals surface area contributed by atoms with Crippen molar-refractivity contribution in [1.82, 2.24) is 0 Å². The van der Waals surface area contributed by atoms with Crippen LogP contribution in [0.5, 0.6) is 0 Å². The quantitative estimate of drug-likeness (QED) is 0.0162. The highest BCUT2D eigenvalue weighted by Crippen LogP contribution is 2.51. The summed E-state index contributed by atoms with van der Waals surface area (Å²) in [6.07, 6.45) is 10.6. The van der Waals surface area contributed by atoms with Gasteiger partial charge in [0.2, 0.25) is 0 Å². The third-order valence-corrected chi connectivity index (χ3v) is 14.2. The number of ether oxygens (including phenoxy) is 2. The second-order valence-corrected chi connectivity index (χ2v) is 22.3. The van der Waals surface area contributed by atoms with Crippen molar-refractivity contribution in [2.75, 3.05) is 19.0 Å². The van der Waals surface area contributed by atoms with Gasteiger partial charge in [-0.15, -0.1) is 0 Å². The van der Waals surface area contributed by atoms with Crippen LogP contribution < -0.4 is 0 Å². The summed E-state index contributed by atoms with van der Waals surface area (Å²) in [5, 5.41) is 32.1. The van der Waals surface area contributed by atoms with Crippen molar-refractivity contribution >= 4 is 52.3 Å². The summed E-state index contributed by atoms with van der Waals surface area (Å²) >= 11 is 1.44. The number of rotatable bonds is 42. The predicted molar refractivity (Wildman–Crippen MR) is 251 cm³/mol. The van der Waals surface area contributed by atoms with Crippen molar-refractivity contribution in [3.63, 3.8) is 0 Å². The van der Waals surface area contributed by atoms with Crippen molar-refractivity contribution in [3.05, 3.63) is 0 Å². The van der Waals surface area contributed by atoms with Crippen molar-refractivity contribution in [2.24, 2.45) is 0 Å². The van der Waals surface area contributed by atoms with Gasteiger partial charge in [-0.3, -0.25) is 32.5 Å². The molecule has 1 fully saturated rings. The van der Waals surface area contributed by atoms with Crippen molar-refractivity contribution in [2.45, 2.75) is 236 Å². The van der Waals surface area contributed by atoms with Crippen LogP contribution in [0.15, 0.2) is 0 Å². The molecule has 0 aromatic heterocycles. The number of phosphoric ester groups is 3. The lowest BCUT2D eigenvalue weighted by molar-refractivity contribution is -0.213. The minimum absolute atomic E-state index is 0.00570. The van der Waals surface area contributed by atoms with E-state index >= 15 is 0 Å². The van der Waals surface area contributed by atoms with Crippen LogP contribution in [0, 0.1) is 0 Å². The monoisotopic (exact) mass is 1040 g/mol. The summed E-state index contributed by atoms with van der Waals surface area (Å²) in [4.78, 5) is 84.8. The van der Waals surface area contributed by atoms with Crippen LogP contribution in [0.4, 0.5) is 0 Å². The number of aliphatic hydroxyl groups is 3. The maximum Gasteiger partial charge on any atom is 0.472 e. The number of hydrogen-bond acceptors (Lipinski definition) is 16. The van der Waals surface area contributed by atoms with E-state index in [2.05, 4.69) is 16.0 Å². The number of unbranched alkanes of at least 4 members (excludes halogenated alkanes) is 22. The van der Waals surface area contributed by atoms with Gasteiger partial charge in [0.05, 0.1) is 6.61 Å². The highest BCUT2D eigenvalue weighted by atomic mass is 32.2. The molecule has 20 nitrogen and oxygen atoms in total. The van der Waals surface area contributed by atoms with Crippen LogP contribution in [-0.2, 0) is 55.6 Å². The Balaban J connectivity index is 2.69. The number of aliphatic hydroxyl groups excluding tert-OH is 3. The molecule has 0 aliphatic heterocycles. The highest BCUT2D eigenvalue weighted by molar-refractivity contribution is 8.13. The first kappa shape index (κ1) is 64.2. The smallest absolute Gasteiger partial charge is 0.462 e. The lowest BCUT2D eigenvalue weighted by Gasteiger charge is -2.44. The molecule has 67 heavy (non-hydrogen) atoms. The molecule has 0 spiro atoms. The molecule has 396 valence electrons. The fourth-order valence-corrected chi connectivity index (χ4v) is 10.6. The molecule has 8 atom stereocenters. The molecule has 0 bridgehead atoms. The first-order chi connectivity index (χ1) is 31.7. The van der Waals surface area contributed by atoms with Crippen LogP contribution in [0.25, 0.3) is 0 Å². The first-order valence-electron chi connectivity index (χ1n) is 24.4. The van der Waals surface area contributed by atoms with Gasteiger partial charge in [-0.1, -0.05) is 160 Å². The molecular weight excluding hydrogens is 961 g/mol. The molecule has 0 heterocycles. The third-order valence-electron chi connectivity index (χ3n) is 11.2. The summed E-state index contributed by atoms with van der Waals surface area (Å²) in [5.41, 5.74) is 0. The zero-order valence-corrected chi connectivity index (χ0v) is 43.2. The molecular formula is C43H83O20P3S. The van der Waals surface area contributed by atoms with Crippen LogP contribution in [0.3, 0.4) is 0 Å². The minimum atomic E-state index is -5.60. The Morgan fingerprint density at radius 2 is 0.881 bits per heavy atom. The lowest BCUT2D eigenvalue weighted by Crippen LogP contribution is -2.65. The number of thioether (sulfide) groups is 1. The molecule has 0 aromatic carbocycles. The van der Waals surface area contributed by atoms with Gasteiger partial charge in [-0.25, -0.2) is 13.7 Å². The lowest BCUT2D eigenvalue weighted by atomic mass is 9.85. The molecule has 1 saturated carbocycles. The molecule has 1 aliphatic rings.